The largest absolute Gasteiger partial charge is 0.379 e. The van der Waals surface area contributed by atoms with Crippen molar-refractivity contribution in [3.05, 3.63) is 21.9 Å². The molecule has 1 saturated heterocycles. The Balaban J connectivity index is 1.81. The lowest BCUT2D eigenvalue weighted by molar-refractivity contribution is 0.00649. The van der Waals surface area contributed by atoms with E-state index in [-0.39, 0.29) is 0 Å². The van der Waals surface area contributed by atoms with Crippen molar-refractivity contribution in [2.75, 3.05) is 32.8 Å². The van der Waals surface area contributed by atoms with E-state index in [1.54, 1.807) is 0 Å². The normalized spacial score (nSPS) is 18.9. The van der Waals surface area contributed by atoms with E-state index in [0.29, 0.717) is 12.0 Å². The van der Waals surface area contributed by atoms with Crippen molar-refractivity contribution >= 4 is 11.3 Å². The van der Waals surface area contributed by atoms with Gasteiger partial charge >= 0.3 is 0 Å². The third kappa shape index (κ3) is 4.28. The van der Waals surface area contributed by atoms with Crippen LogP contribution >= 0.6 is 11.3 Å². The third-order valence-electron chi connectivity index (χ3n) is 3.89. The van der Waals surface area contributed by atoms with E-state index < -0.39 is 0 Å². The van der Waals surface area contributed by atoms with Crippen LogP contribution in [-0.4, -0.2) is 43.8 Å². The zero-order valence-electron chi connectivity index (χ0n) is 12.3. The van der Waals surface area contributed by atoms with Gasteiger partial charge < -0.3 is 10.1 Å². The molecule has 0 aliphatic carbocycles. The Kier molecular flexibility index (Phi) is 5.82. The zero-order chi connectivity index (χ0) is 13.7. The highest BCUT2D eigenvalue weighted by molar-refractivity contribution is 7.10. The van der Waals surface area contributed by atoms with Gasteiger partial charge in [0.25, 0.3) is 0 Å². The van der Waals surface area contributed by atoms with Crippen molar-refractivity contribution in [3.63, 3.8) is 0 Å². The van der Waals surface area contributed by atoms with Gasteiger partial charge in [0.05, 0.1) is 13.2 Å². The minimum atomic E-state index is 0.615. The molecule has 3 nitrogen and oxygen atoms in total. The highest BCUT2D eigenvalue weighted by Gasteiger charge is 2.23. The molecular formula is C15H26N2OS. The van der Waals surface area contributed by atoms with Crippen LogP contribution in [0.15, 0.2) is 11.4 Å². The summed E-state index contributed by atoms with van der Waals surface area (Å²) in [6.45, 7) is 12.8. The van der Waals surface area contributed by atoms with Crippen molar-refractivity contribution in [1.29, 1.82) is 0 Å². The molecule has 1 aromatic heterocycles. The van der Waals surface area contributed by atoms with Crippen LogP contribution in [0.5, 0.6) is 0 Å². The maximum Gasteiger partial charge on any atom is 0.0594 e. The lowest BCUT2D eigenvalue weighted by Gasteiger charge is -2.37. The number of nitrogens with zero attached hydrogens (tertiary/aromatic N) is 1. The van der Waals surface area contributed by atoms with Gasteiger partial charge in [-0.2, -0.15) is 0 Å². The van der Waals surface area contributed by atoms with E-state index in [9.17, 15) is 0 Å². The van der Waals surface area contributed by atoms with Gasteiger partial charge in [0.15, 0.2) is 0 Å². The van der Waals surface area contributed by atoms with Crippen LogP contribution in [0.3, 0.4) is 0 Å². The van der Waals surface area contributed by atoms with Crippen molar-refractivity contribution in [3.8, 4) is 0 Å². The first kappa shape index (κ1) is 15.0. The molecule has 0 bridgehead atoms. The van der Waals surface area contributed by atoms with Crippen LogP contribution in [0.4, 0.5) is 0 Å². The van der Waals surface area contributed by atoms with Crippen LogP contribution in [0.1, 0.15) is 24.3 Å². The summed E-state index contributed by atoms with van der Waals surface area (Å²) in [5.74, 6) is 0.676. The Labute approximate surface area is 121 Å². The lowest BCUT2D eigenvalue weighted by atomic mass is 10.0. The minimum absolute atomic E-state index is 0.615. The summed E-state index contributed by atoms with van der Waals surface area (Å²) in [6.07, 6.45) is 0. The van der Waals surface area contributed by atoms with Crippen molar-refractivity contribution in [1.82, 2.24) is 10.2 Å². The molecular weight excluding hydrogens is 256 g/mol. The first-order valence-corrected chi connectivity index (χ1v) is 8.12. The quantitative estimate of drug-likeness (QED) is 0.867. The number of thiophene rings is 1. The van der Waals surface area contributed by atoms with Crippen molar-refractivity contribution in [2.24, 2.45) is 5.92 Å². The minimum Gasteiger partial charge on any atom is -0.379 e. The Morgan fingerprint density at radius 1 is 1.37 bits per heavy atom. The Bertz CT molecular complexity index is 372. The molecule has 0 aromatic carbocycles. The number of rotatable bonds is 6. The number of hydrogen-bond acceptors (Lipinski definition) is 4. The smallest absolute Gasteiger partial charge is 0.0594 e. The topological polar surface area (TPSA) is 24.5 Å². The third-order valence-corrected chi connectivity index (χ3v) is 4.91. The molecule has 19 heavy (non-hydrogen) atoms. The highest BCUT2D eigenvalue weighted by atomic mass is 32.1. The second-order valence-corrected chi connectivity index (χ2v) is 6.62. The molecule has 0 saturated carbocycles. The monoisotopic (exact) mass is 282 g/mol. The van der Waals surface area contributed by atoms with Crippen LogP contribution in [-0.2, 0) is 11.3 Å². The molecule has 2 rings (SSSR count). The fraction of sp³-hybridized carbons (Fsp3) is 0.733. The summed E-state index contributed by atoms with van der Waals surface area (Å²) in [5, 5.41) is 5.81. The molecule has 1 aliphatic heterocycles. The Hall–Kier alpha value is -0.420. The summed E-state index contributed by atoms with van der Waals surface area (Å²) in [4.78, 5) is 4.03. The highest BCUT2D eigenvalue weighted by Crippen LogP contribution is 2.16. The molecule has 1 aliphatic rings. The number of morpholine rings is 1. The molecule has 1 atom stereocenters. The van der Waals surface area contributed by atoms with Gasteiger partial charge in [0.2, 0.25) is 0 Å². The Morgan fingerprint density at radius 3 is 2.68 bits per heavy atom. The number of nitrogens with one attached hydrogen (secondary N) is 1. The van der Waals surface area contributed by atoms with E-state index in [0.717, 1.165) is 39.4 Å². The van der Waals surface area contributed by atoms with Gasteiger partial charge in [-0.05, 0) is 29.9 Å². The molecule has 0 spiro atoms. The first-order valence-electron chi connectivity index (χ1n) is 7.24. The van der Waals surface area contributed by atoms with Gasteiger partial charge in [0.1, 0.15) is 0 Å². The van der Waals surface area contributed by atoms with Gasteiger partial charge in [-0.25, -0.2) is 0 Å². The number of aryl methyl sites for hydroxylation is 1. The fourth-order valence-corrected chi connectivity index (χ4v) is 3.49. The first-order chi connectivity index (χ1) is 9.18. The summed E-state index contributed by atoms with van der Waals surface area (Å²) in [5.41, 5.74) is 1.41. The maximum atomic E-state index is 5.45. The van der Waals surface area contributed by atoms with Crippen molar-refractivity contribution < 1.29 is 4.74 Å². The number of ether oxygens (including phenoxy) is 1. The average Bonchev–Trinajstić information content (AvgIpc) is 2.81. The second kappa shape index (κ2) is 7.39. The molecule has 0 amide bonds. The number of hydrogen-bond donors (Lipinski definition) is 1. The summed E-state index contributed by atoms with van der Waals surface area (Å²) in [7, 11) is 0. The van der Waals surface area contributed by atoms with Crippen LogP contribution < -0.4 is 5.32 Å². The van der Waals surface area contributed by atoms with Gasteiger partial charge in [-0.3, -0.25) is 4.90 Å². The molecule has 4 heteroatoms. The fourth-order valence-electron chi connectivity index (χ4n) is 2.61. The maximum absolute atomic E-state index is 5.45. The molecule has 1 N–H and O–H groups in total. The van der Waals surface area contributed by atoms with Crippen molar-refractivity contribution in [2.45, 2.75) is 33.4 Å². The molecule has 2 heterocycles. The summed E-state index contributed by atoms with van der Waals surface area (Å²) >= 11 is 1.85. The van der Waals surface area contributed by atoms with Crippen LogP contribution in [0.2, 0.25) is 0 Å². The van der Waals surface area contributed by atoms with Crippen LogP contribution in [0, 0.1) is 12.8 Å². The summed E-state index contributed by atoms with van der Waals surface area (Å²) < 4.78 is 5.45. The lowest BCUT2D eigenvalue weighted by Crippen LogP contribution is -2.50. The van der Waals surface area contributed by atoms with E-state index in [4.69, 9.17) is 4.74 Å². The van der Waals surface area contributed by atoms with E-state index in [2.05, 4.69) is 42.4 Å². The molecule has 108 valence electrons. The molecule has 1 aromatic rings. The van der Waals surface area contributed by atoms with E-state index >= 15 is 0 Å². The second-order valence-electron chi connectivity index (χ2n) is 5.62. The molecule has 0 radical (unpaired) electrons. The zero-order valence-corrected chi connectivity index (χ0v) is 13.1. The van der Waals surface area contributed by atoms with Crippen LogP contribution in [0.25, 0.3) is 0 Å². The van der Waals surface area contributed by atoms with Gasteiger partial charge in [0, 0.05) is 37.1 Å². The SMILES string of the molecule is Cc1ccsc1CNC[C@@H](C(C)C)N1CCOCC1. The van der Waals surface area contributed by atoms with Gasteiger partial charge in [-0.15, -0.1) is 11.3 Å². The van der Waals surface area contributed by atoms with E-state index in [1.807, 2.05) is 11.3 Å². The van der Waals surface area contributed by atoms with Gasteiger partial charge in [-0.1, -0.05) is 13.8 Å². The predicted molar refractivity (Wildman–Crippen MR) is 81.8 cm³/mol. The van der Waals surface area contributed by atoms with E-state index in [1.165, 1.54) is 10.4 Å². The molecule has 0 unspecified atom stereocenters. The predicted octanol–water partition coefficient (Wildman–Crippen LogP) is 2.50. The average molecular weight is 282 g/mol. The molecule has 1 fully saturated rings. The summed E-state index contributed by atoms with van der Waals surface area (Å²) in [6, 6.07) is 2.81. The Morgan fingerprint density at radius 2 is 2.11 bits per heavy atom. The standard InChI is InChI=1S/C15H26N2OS/c1-12(2)14(17-5-7-18-8-6-17)10-16-11-15-13(3)4-9-19-15/h4,9,12,14,16H,5-8,10-11H2,1-3H3/t14-/m0/s1.